The third kappa shape index (κ3) is 4.57. The summed E-state index contributed by atoms with van der Waals surface area (Å²) in [5, 5.41) is 6.31. The smallest absolute Gasteiger partial charge is 0.287 e. The van der Waals surface area contributed by atoms with Crippen LogP contribution in [0.1, 0.15) is 16.2 Å². The van der Waals surface area contributed by atoms with Crippen LogP contribution in [0, 0.1) is 6.92 Å². The first-order valence-electron chi connectivity index (χ1n) is 9.83. The fourth-order valence-electron chi connectivity index (χ4n) is 3.24. The monoisotopic (exact) mass is 409 g/mol. The predicted octanol–water partition coefficient (Wildman–Crippen LogP) is 1.57. The number of nitrogens with zero attached hydrogens (tertiary/aromatic N) is 3. The molecule has 1 aromatic carbocycles. The number of carbonyl (C=O) groups is 1. The first-order valence-corrected chi connectivity index (χ1v) is 9.83. The summed E-state index contributed by atoms with van der Waals surface area (Å²) < 4.78 is 10.9. The number of aromatic nitrogens is 2. The van der Waals surface area contributed by atoms with Gasteiger partial charge in [-0.25, -0.2) is 4.98 Å². The molecular formula is C21H23N5O4. The maximum atomic E-state index is 12.3. The molecule has 9 nitrogen and oxygen atoms in total. The van der Waals surface area contributed by atoms with Crippen LogP contribution in [0.2, 0.25) is 0 Å². The quantitative estimate of drug-likeness (QED) is 0.591. The molecule has 1 saturated heterocycles. The molecule has 1 fully saturated rings. The van der Waals surface area contributed by atoms with Gasteiger partial charge in [0.15, 0.2) is 11.2 Å². The molecule has 0 aliphatic carbocycles. The van der Waals surface area contributed by atoms with Gasteiger partial charge >= 0.3 is 0 Å². The Morgan fingerprint density at radius 3 is 2.77 bits per heavy atom. The van der Waals surface area contributed by atoms with E-state index in [2.05, 4.69) is 25.5 Å². The number of carbonyl (C=O) groups excluding carboxylic acids is 1. The molecule has 1 amide bonds. The molecule has 0 atom stereocenters. The molecule has 0 unspecified atom stereocenters. The minimum Gasteiger partial charge on any atom is -0.451 e. The maximum absolute atomic E-state index is 12.3. The van der Waals surface area contributed by atoms with Crippen molar-refractivity contribution in [2.45, 2.75) is 6.92 Å². The van der Waals surface area contributed by atoms with E-state index in [1.165, 1.54) is 6.07 Å². The van der Waals surface area contributed by atoms with Gasteiger partial charge in [-0.15, -0.1) is 0 Å². The summed E-state index contributed by atoms with van der Waals surface area (Å²) in [5.41, 5.74) is 0.997. The van der Waals surface area contributed by atoms with Gasteiger partial charge < -0.3 is 24.7 Å². The van der Waals surface area contributed by atoms with E-state index in [-0.39, 0.29) is 11.2 Å². The van der Waals surface area contributed by atoms with E-state index >= 15 is 0 Å². The number of morpholine rings is 1. The topological polar surface area (TPSA) is 110 Å². The van der Waals surface area contributed by atoms with Crippen molar-refractivity contribution in [3.8, 4) is 0 Å². The molecule has 0 bridgehead atoms. The van der Waals surface area contributed by atoms with Gasteiger partial charge in [0.2, 0.25) is 5.95 Å². The van der Waals surface area contributed by atoms with Gasteiger partial charge in [0, 0.05) is 44.0 Å². The molecule has 4 rings (SSSR count). The summed E-state index contributed by atoms with van der Waals surface area (Å²) >= 11 is 0. The lowest BCUT2D eigenvalue weighted by atomic mass is 10.2. The Balaban J connectivity index is 1.34. The molecule has 3 aromatic rings. The number of hydrogen-bond donors (Lipinski definition) is 2. The number of para-hydroxylation sites is 1. The zero-order valence-corrected chi connectivity index (χ0v) is 16.7. The average Bonchev–Trinajstić information content (AvgIpc) is 2.77. The maximum Gasteiger partial charge on any atom is 0.287 e. The first kappa shape index (κ1) is 19.8. The molecular weight excluding hydrogens is 386 g/mol. The highest BCUT2D eigenvalue weighted by Gasteiger charge is 2.15. The highest BCUT2D eigenvalue weighted by Crippen LogP contribution is 2.16. The zero-order chi connectivity index (χ0) is 20.9. The van der Waals surface area contributed by atoms with Crippen molar-refractivity contribution in [3.05, 3.63) is 58.1 Å². The number of ether oxygens (including phenoxy) is 1. The minimum absolute atomic E-state index is 0.0138. The second kappa shape index (κ2) is 8.91. The van der Waals surface area contributed by atoms with Crippen molar-refractivity contribution in [3.63, 3.8) is 0 Å². The van der Waals surface area contributed by atoms with Gasteiger partial charge in [0.1, 0.15) is 11.4 Å². The van der Waals surface area contributed by atoms with Crippen molar-refractivity contribution in [1.29, 1.82) is 0 Å². The van der Waals surface area contributed by atoms with Crippen LogP contribution in [0.25, 0.3) is 11.0 Å². The number of amides is 1. The van der Waals surface area contributed by atoms with Crippen LogP contribution in [0.5, 0.6) is 0 Å². The van der Waals surface area contributed by atoms with E-state index in [0.717, 1.165) is 24.6 Å². The summed E-state index contributed by atoms with van der Waals surface area (Å²) in [6.07, 6.45) is 0. The molecule has 3 heterocycles. The lowest BCUT2D eigenvalue weighted by Gasteiger charge is -2.28. The van der Waals surface area contributed by atoms with E-state index in [1.807, 2.05) is 13.0 Å². The average molecular weight is 409 g/mol. The first-order chi connectivity index (χ1) is 14.6. The Hall–Kier alpha value is -3.46. The van der Waals surface area contributed by atoms with Crippen molar-refractivity contribution < 1.29 is 13.9 Å². The Labute approximate surface area is 173 Å². The van der Waals surface area contributed by atoms with Gasteiger partial charge in [-0.3, -0.25) is 9.59 Å². The number of nitrogens with one attached hydrogen (secondary N) is 2. The minimum atomic E-state index is -0.446. The third-order valence-electron chi connectivity index (χ3n) is 4.73. The number of benzene rings is 1. The lowest BCUT2D eigenvalue weighted by Crippen LogP contribution is -2.37. The van der Waals surface area contributed by atoms with Crippen LogP contribution in [-0.2, 0) is 4.74 Å². The Kier molecular flexibility index (Phi) is 5.89. The largest absolute Gasteiger partial charge is 0.451 e. The van der Waals surface area contributed by atoms with Gasteiger partial charge in [0.05, 0.1) is 18.6 Å². The second-order valence-electron chi connectivity index (χ2n) is 6.94. The van der Waals surface area contributed by atoms with E-state index in [4.69, 9.17) is 9.15 Å². The van der Waals surface area contributed by atoms with E-state index in [9.17, 15) is 9.59 Å². The normalized spacial score (nSPS) is 14.0. The van der Waals surface area contributed by atoms with Gasteiger partial charge in [-0.2, -0.15) is 4.98 Å². The Morgan fingerprint density at radius 1 is 1.13 bits per heavy atom. The van der Waals surface area contributed by atoms with Gasteiger partial charge in [-0.1, -0.05) is 12.1 Å². The molecule has 0 saturated carbocycles. The highest BCUT2D eigenvalue weighted by atomic mass is 16.5. The van der Waals surface area contributed by atoms with Gasteiger partial charge in [0.25, 0.3) is 5.91 Å². The van der Waals surface area contributed by atoms with Crippen molar-refractivity contribution in [1.82, 2.24) is 15.3 Å². The number of hydrogen-bond acceptors (Lipinski definition) is 8. The zero-order valence-electron chi connectivity index (χ0n) is 16.7. The molecule has 1 aliphatic heterocycles. The summed E-state index contributed by atoms with van der Waals surface area (Å²) in [4.78, 5) is 35.6. The summed E-state index contributed by atoms with van der Waals surface area (Å²) in [6.45, 7) is 5.62. The molecule has 156 valence electrons. The van der Waals surface area contributed by atoms with Crippen molar-refractivity contribution in [2.75, 3.05) is 49.6 Å². The SMILES string of the molecule is Cc1cc(N2CCOCC2)nc(NCCNC(=O)c2cc(=O)c3ccccc3o2)n1. The van der Waals surface area contributed by atoms with Crippen LogP contribution >= 0.6 is 0 Å². The molecule has 2 aromatic heterocycles. The molecule has 2 N–H and O–H groups in total. The van der Waals surface area contributed by atoms with Crippen molar-refractivity contribution in [2.24, 2.45) is 0 Å². The molecule has 0 radical (unpaired) electrons. The van der Waals surface area contributed by atoms with Crippen LogP contribution < -0.4 is 21.0 Å². The van der Waals surface area contributed by atoms with Crippen LogP contribution in [-0.4, -0.2) is 55.3 Å². The van der Waals surface area contributed by atoms with E-state index in [0.29, 0.717) is 43.2 Å². The van der Waals surface area contributed by atoms with Crippen molar-refractivity contribution >= 4 is 28.6 Å². The Morgan fingerprint density at radius 2 is 1.93 bits per heavy atom. The van der Waals surface area contributed by atoms with Gasteiger partial charge in [-0.05, 0) is 19.1 Å². The highest BCUT2D eigenvalue weighted by molar-refractivity contribution is 5.93. The van der Waals surface area contributed by atoms with E-state index < -0.39 is 5.91 Å². The fourth-order valence-corrected chi connectivity index (χ4v) is 3.24. The molecule has 0 spiro atoms. The number of aryl methyl sites for hydroxylation is 1. The predicted molar refractivity (Wildman–Crippen MR) is 113 cm³/mol. The third-order valence-corrected chi connectivity index (χ3v) is 4.73. The fraction of sp³-hybridized carbons (Fsp3) is 0.333. The molecule has 9 heteroatoms. The number of anilines is 2. The van der Waals surface area contributed by atoms with E-state index in [1.54, 1.807) is 24.3 Å². The second-order valence-corrected chi connectivity index (χ2v) is 6.94. The Bertz CT molecular complexity index is 1110. The molecule has 30 heavy (non-hydrogen) atoms. The number of rotatable bonds is 6. The molecule has 1 aliphatic rings. The van der Waals surface area contributed by atoms with Crippen LogP contribution in [0.15, 0.2) is 45.6 Å². The number of fused-ring (bicyclic) bond motifs is 1. The summed E-state index contributed by atoms with van der Waals surface area (Å²) in [5.74, 6) is 0.900. The lowest BCUT2D eigenvalue weighted by molar-refractivity contribution is 0.0928. The summed E-state index contributed by atoms with van der Waals surface area (Å²) in [6, 6.07) is 9.99. The van der Waals surface area contributed by atoms with Crippen LogP contribution in [0.4, 0.5) is 11.8 Å². The van der Waals surface area contributed by atoms with Crippen LogP contribution in [0.3, 0.4) is 0 Å². The standard InChI is InChI=1S/C21H23N5O4/c1-14-12-19(26-8-10-29-11-9-26)25-21(24-14)23-7-6-22-20(28)18-13-16(27)15-4-2-3-5-17(15)30-18/h2-5,12-13H,6-11H2,1H3,(H,22,28)(H,23,24,25). The summed E-state index contributed by atoms with van der Waals surface area (Å²) in [7, 11) is 0.